The lowest BCUT2D eigenvalue weighted by molar-refractivity contribution is -0.135. The molecule has 0 fully saturated rings. The van der Waals surface area contributed by atoms with Crippen molar-refractivity contribution in [3.8, 4) is 0 Å². The molecule has 0 saturated heterocycles. The minimum Gasteiger partial charge on any atom is -0.327 e. The number of hydrogen-bond acceptors (Lipinski definition) is 3. The molecular weight excluding hydrogens is 216 g/mol. The van der Waals surface area contributed by atoms with E-state index in [0.29, 0.717) is 6.61 Å². The van der Waals surface area contributed by atoms with Gasteiger partial charge >= 0.3 is 0 Å². The van der Waals surface area contributed by atoms with E-state index in [4.69, 9.17) is 10.6 Å². The minimum absolute atomic E-state index is 0.129. The van der Waals surface area contributed by atoms with E-state index >= 15 is 0 Å². The summed E-state index contributed by atoms with van der Waals surface area (Å²) in [5.41, 5.74) is 9.20. The van der Waals surface area contributed by atoms with Crippen LogP contribution in [0.3, 0.4) is 0 Å². The summed E-state index contributed by atoms with van der Waals surface area (Å²) in [6.45, 7) is 4.34. The van der Waals surface area contributed by atoms with Crippen LogP contribution in [-0.2, 0) is 16.2 Å². The predicted molar refractivity (Wildman–Crippen MR) is 66.8 cm³/mol. The summed E-state index contributed by atoms with van der Waals surface area (Å²) in [5, 5.41) is 0. The van der Waals surface area contributed by atoms with Gasteiger partial charge in [-0.15, -0.1) is 0 Å². The molecule has 1 unspecified atom stereocenters. The van der Waals surface area contributed by atoms with Crippen LogP contribution in [0.1, 0.15) is 25.8 Å². The molecule has 4 heteroatoms. The molecule has 1 atom stereocenters. The van der Waals surface area contributed by atoms with Crippen molar-refractivity contribution in [1.82, 2.24) is 5.48 Å². The summed E-state index contributed by atoms with van der Waals surface area (Å²) in [6.07, 6.45) is 0.284. The van der Waals surface area contributed by atoms with Gasteiger partial charge in [-0.25, -0.2) is 5.48 Å². The number of hydrogen-bond donors (Lipinski definition) is 2. The normalized spacial score (nSPS) is 12.5. The van der Waals surface area contributed by atoms with Crippen molar-refractivity contribution in [3.63, 3.8) is 0 Å². The van der Waals surface area contributed by atoms with E-state index in [1.165, 1.54) is 0 Å². The molecule has 0 bridgehead atoms. The van der Waals surface area contributed by atoms with Crippen molar-refractivity contribution in [2.24, 2.45) is 11.7 Å². The summed E-state index contributed by atoms with van der Waals surface area (Å²) in [7, 11) is 0. The number of amides is 1. The Labute approximate surface area is 102 Å². The van der Waals surface area contributed by atoms with Crippen LogP contribution in [0.2, 0.25) is 0 Å². The summed E-state index contributed by atoms with van der Waals surface area (Å²) < 4.78 is 0. The molecule has 1 aromatic rings. The van der Waals surface area contributed by atoms with Gasteiger partial charge in [-0.2, -0.15) is 0 Å². The third-order valence-electron chi connectivity index (χ3n) is 2.55. The van der Waals surface area contributed by atoms with Crippen molar-refractivity contribution in [1.29, 1.82) is 0 Å². The van der Waals surface area contributed by atoms with Crippen LogP contribution in [0, 0.1) is 5.92 Å². The Morgan fingerprint density at radius 2 is 2.00 bits per heavy atom. The summed E-state index contributed by atoms with van der Waals surface area (Å²) in [4.78, 5) is 16.5. The number of nitrogens with two attached hydrogens (primary N) is 1. The van der Waals surface area contributed by atoms with Gasteiger partial charge in [0, 0.05) is 12.5 Å². The Bertz CT molecular complexity index is 339. The number of nitrogens with one attached hydrogen (secondary N) is 1. The topological polar surface area (TPSA) is 64.4 Å². The number of hydroxylamine groups is 1. The smallest absolute Gasteiger partial charge is 0.245 e. The van der Waals surface area contributed by atoms with E-state index in [0.717, 1.165) is 5.56 Å². The van der Waals surface area contributed by atoms with Gasteiger partial charge in [-0.1, -0.05) is 44.2 Å². The van der Waals surface area contributed by atoms with Gasteiger partial charge in [0.05, 0.1) is 6.61 Å². The molecule has 4 nitrogen and oxygen atoms in total. The average molecular weight is 236 g/mol. The van der Waals surface area contributed by atoms with E-state index in [-0.39, 0.29) is 24.3 Å². The molecule has 0 spiro atoms. The SMILES string of the molecule is CC(C)C(N)CC(=O)NOCc1ccccc1. The molecule has 0 heterocycles. The van der Waals surface area contributed by atoms with Gasteiger partial charge < -0.3 is 5.73 Å². The first-order chi connectivity index (χ1) is 8.09. The zero-order valence-electron chi connectivity index (χ0n) is 10.3. The van der Waals surface area contributed by atoms with Crippen molar-refractivity contribution < 1.29 is 9.63 Å². The summed E-state index contributed by atoms with van der Waals surface area (Å²) in [6, 6.07) is 9.53. The molecule has 94 valence electrons. The van der Waals surface area contributed by atoms with Crippen molar-refractivity contribution >= 4 is 5.91 Å². The lowest BCUT2D eigenvalue weighted by Gasteiger charge is -2.14. The van der Waals surface area contributed by atoms with Crippen LogP contribution in [0.25, 0.3) is 0 Å². The van der Waals surface area contributed by atoms with Gasteiger partial charge in [-0.3, -0.25) is 9.63 Å². The summed E-state index contributed by atoms with van der Waals surface area (Å²) in [5.74, 6) is 0.108. The first-order valence-corrected chi connectivity index (χ1v) is 5.79. The van der Waals surface area contributed by atoms with Crippen molar-refractivity contribution in [2.45, 2.75) is 32.9 Å². The van der Waals surface area contributed by atoms with Gasteiger partial charge in [0.25, 0.3) is 0 Å². The Hall–Kier alpha value is -1.39. The van der Waals surface area contributed by atoms with E-state index < -0.39 is 0 Å². The second kappa shape index (κ2) is 7.04. The van der Waals surface area contributed by atoms with Gasteiger partial charge in [0.2, 0.25) is 5.91 Å². The van der Waals surface area contributed by atoms with Crippen LogP contribution < -0.4 is 11.2 Å². The third kappa shape index (κ3) is 5.47. The lowest BCUT2D eigenvalue weighted by atomic mass is 10.0. The molecule has 0 aliphatic carbocycles. The highest BCUT2D eigenvalue weighted by Gasteiger charge is 2.12. The fourth-order valence-electron chi connectivity index (χ4n) is 1.27. The molecule has 0 radical (unpaired) electrons. The maximum atomic E-state index is 11.4. The van der Waals surface area contributed by atoms with E-state index in [1.54, 1.807) is 0 Å². The molecule has 17 heavy (non-hydrogen) atoms. The van der Waals surface area contributed by atoms with Crippen LogP contribution in [0.5, 0.6) is 0 Å². The molecule has 0 aliphatic rings. The average Bonchev–Trinajstić information content (AvgIpc) is 2.30. The van der Waals surface area contributed by atoms with E-state index in [9.17, 15) is 4.79 Å². The highest BCUT2D eigenvalue weighted by Crippen LogP contribution is 2.03. The van der Waals surface area contributed by atoms with Gasteiger partial charge in [0.1, 0.15) is 0 Å². The number of rotatable bonds is 6. The number of benzene rings is 1. The molecule has 0 aromatic heterocycles. The fraction of sp³-hybridized carbons (Fsp3) is 0.462. The lowest BCUT2D eigenvalue weighted by Crippen LogP contribution is -2.34. The predicted octanol–water partition coefficient (Wildman–Crippen LogP) is 1.61. The van der Waals surface area contributed by atoms with E-state index in [2.05, 4.69) is 5.48 Å². The Morgan fingerprint density at radius 1 is 1.35 bits per heavy atom. The second-order valence-corrected chi connectivity index (χ2v) is 4.41. The maximum Gasteiger partial charge on any atom is 0.245 e. The molecule has 1 amide bonds. The fourth-order valence-corrected chi connectivity index (χ4v) is 1.27. The Balaban J connectivity index is 2.21. The van der Waals surface area contributed by atoms with Crippen LogP contribution >= 0.6 is 0 Å². The summed E-state index contributed by atoms with van der Waals surface area (Å²) >= 11 is 0. The van der Waals surface area contributed by atoms with Crippen molar-refractivity contribution in [3.05, 3.63) is 35.9 Å². The minimum atomic E-state index is -0.179. The highest BCUT2D eigenvalue weighted by atomic mass is 16.6. The van der Waals surface area contributed by atoms with Crippen molar-refractivity contribution in [2.75, 3.05) is 0 Å². The molecule has 3 N–H and O–H groups in total. The Morgan fingerprint density at radius 3 is 2.59 bits per heavy atom. The highest BCUT2D eigenvalue weighted by molar-refractivity contribution is 5.75. The third-order valence-corrected chi connectivity index (χ3v) is 2.55. The number of carbonyl (C=O) groups excluding carboxylic acids is 1. The quantitative estimate of drug-likeness (QED) is 0.737. The largest absolute Gasteiger partial charge is 0.327 e. The van der Waals surface area contributed by atoms with Gasteiger partial charge in [-0.05, 0) is 11.5 Å². The van der Waals surface area contributed by atoms with Crippen LogP contribution in [0.15, 0.2) is 30.3 Å². The standard InChI is InChI=1S/C13H20N2O2/c1-10(2)12(14)8-13(16)15-17-9-11-6-4-3-5-7-11/h3-7,10,12H,8-9,14H2,1-2H3,(H,15,16). The zero-order chi connectivity index (χ0) is 12.7. The molecule has 1 rings (SSSR count). The molecular formula is C13H20N2O2. The second-order valence-electron chi connectivity index (χ2n) is 4.41. The Kier molecular flexibility index (Phi) is 5.66. The zero-order valence-corrected chi connectivity index (χ0v) is 10.3. The first kappa shape index (κ1) is 13.7. The maximum absolute atomic E-state index is 11.4. The van der Waals surface area contributed by atoms with Gasteiger partial charge in [0.15, 0.2) is 0 Å². The number of carbonyl (C=O) groups is 1. The van der Waals surface area contributed by atoms with E-state index in [1.807, 2.05) is 44.2 Å². The molecule has 0 saturated carbocycles. The molecule has 0 aliphatic heterocycles. The first-order valence-electron chi connectivity index (χ1n) is 5.79. The monoisotopic (exact) mass is 236 g/mol. The van der Waals surface area contributed by atoms with Crippen LogP contribution in [0.4, 0.5) is 0 Å². The van der Waals surface area contributed by atoms with Crippen LogP contribution in [-0.4, -0.2) is 11.9 Å². The molecule has 1 aromatic carbocycles.